The summed E-state index contributed by atoms with van der Waals surface area (Å²) in [6, 6.07) is 0. The molecule has 7 atom stereocenters. The van der Waals surface area contributed by atoms with Gasteiger partial charge in [-0.25, -0.2) is 9.13 Å². The summed E-state index contributed by atoms with van der Waals surface area (Å²) in [4.78, 5) is 73.0. The van der Waals surface area contributed by atoms with Gasteiger partial charge in [0.15, 0.2) is 12.2 Å². The molecule has 19 heteroatoms. The molecule has 0 saturated carbocycles. The molecule has 0 saturated heterocycles. The summed E-state index contributed by atoms with van der Waals surface area (Å²) >= 11 is 0. The standard InChI is InChI=1S/C80H156O17P2/c1-9-72(7)58-50-42-34-26-19-15-11-12-16-21-28-38-46-54-62-79(84)96-75(66-90-77(82)60-52-44-36-27-20-17-13-14-18-24-32-40-48-56-70(3)4)68-94-98(86,87)92-64-74(81)65-93-99(88,89)95-69-76(67-91-78(83)61-53-45-37-31-30-35-43-51-59-73(8)10-2)97-80(85)63-55-47-39-29-23-22-25-33-41-49-57-71(5)6/h70-76,81H,9-69H2,1-8H3,(H,86,87)(H,88,89)/t72?,73?,74-,75-,76-/m1/s1. The van der Waals surface area contributed by atoms with E-state index in [0.29, 0.717) is 25.7 Å². The first-order chi connectivity index (χ1) is 47.7. The SMILES string of the molecule is CCC(C)CCCCCCCCCCCCCCCCC(=O)O[C@H](COC(=O)CCCCCCCCCCCCCCCC(C)C)COP(=O)(O)OC[C@@H](O)COP(=O)(O)OC[C@@H](COC(=O)CCCCCCCCCCC(C)CC)OC(=O)CCCCCCCCCCCCC(C)C. The van der Waals surface area contributed by atoms with E-state index in [1.807, 2.05) is 0 Å². The number of carbonyl (C=O) groups is 4. The summed E-state index contributed by atoms with van der Waals surface area (Å²) in [6.45, 7) is 14.3. The number of unbranched alkanes of at least 4 members (excludes halogenated alkanes) is 41. The number of aliphatic hydroxyl groups is 1. The van der Waals surface area contributed by atoms with E-state index in [1.165, 1.54) is 212 Å². The van der Waals surface area contributed by atoms with Crippen LogP contribution in [0.2, 0.25) is 0 Å². The number of hydrogen-bond donors (Lipinski definition) is 3. The number of aliphatic hydroxyl groups excluding tert-OH is 1. The molecule has 0 fully saturated rings. The number of hydrogen-bond acceptors (Lipinski definition) is 15. The Morgan fingerprint density at radius 2 is 0.485 bits per heavy atom. The van der Waals surface area contributed by atoms with Crippen molar-refractivity contribution in [2.75, 3.05) is 39.6 Å². The van der Waals surface area contributed by atoms with Crippen LogP contribution in [0, 0.1) is 23.7 Å². The summed E-state index contributed by atoms with van der Waals surface area (Å²) in [5.74, 6) is 1.05. The summed E-state index contributed by atoms with van der Waals surface area (Å²) in [6.07, 6.45) is 55.3. The third-order valence-corrected chi connectivity index (χ3v) is 21.2. The lowest BCUT2D eigenvalue weighted by Crippen LogP contribution is -2.30. The molecule has 17 nitrogen and oxygen atoms in total. The third-order valence-electron chi connectivity index (χ3n) is 19.3. The van der Waals surface area contributed by atoms with Crippen LogP contribution in [0.25, 0.3) is 0 Å². The van der Waals surface area contributed by atoms with E-state index >= 15 is 0 Å². The number of phosphoric ester groups is 2. The van der Waals surface area contributed by atoms with Crippen molar-refractivity contribution >= 4 is 39.5 Å². The van der Waals surface area contributed by atoms with Crippen LogP contribution in [-0.2, 0) is 65.4 Å². The Hall–Kier alpha value is -1.94. The average molecular weight is 1450 g/mol. The van der Waals surface area contributed by atoms with Crippen LogP contribution in [0.4, 0.5) is 0 Å². The van der Waals surface area contributed by atoms with Crippen LogP contribution in [0.5, 0.6) is 0 Å². The fourth-order valence-corrected chi connectivity index (χ4v) is 13.8. The minimum atomic E-state index is -4.96. The Morgan fingerprint density at radius 3 is 0.717 bits per heavy atom. The van der Waals surface area contributed by atoms with Crippen LogP contribution in [0.1, 0.15) is 409 Å². The van der Waals surface area contributed by atoms with Gasteiger partial charge in [0.2, 0.25) is 0 Å². The van der Waals surface area contributed by atoms with Gasteiger partial charge < -0.3 is 33.8 Å². The van der Waals surface area contributed by atoms with Gasteiger partial charge in [0, 0.05) is 25.7 Å². The summed E-state index contributed by atoms with van der Waals surface area (Å²) in [5, 5.41) is 10.6. The normalized spacial score (nSPS) is 14.6. The van der Waals surface area contributed by atoms with Crippen molar-refractivity contribution in [3.8, 4) is 0 Å². The molecule has 0 bridgehead atoms. The molecule has 0 aromatic carbocycles. The Morgan fingerprint density at radius 1 is 0.283 bits per heavy atom. The van der Waals surface area contributed by atoms with Gasteiger partial charge in [0.1, 0.15) is 19.3 Å². The van der Waals surface area contributed by atoms with E-state index in [9.17, 15) is 43.2 Å². The second kappa shape index (κ2) is 69.1. The summed E-state index contributed by atoms with van der Waals surface area (Å²) < 4.78 is 68.7. The van der Waals surface area contributed by atoms with E-state index in [4.69, 9.17) is 37.0 Å². The minimum absolute atomic E-state index is 0.105. The van der Waals surface area contributed by atoms with Gasteiger partial charge in [-0.15, -0.1) is 0 Å². The summed E-state index contributed by atoms with van der Waals surface area (Å²) in [7, 11) is -9.92. The lowest BCUT2D eigenvalue weighted by molar-refractivity contribution is -0.161. The number of phosphoric acid groups is 2. The smallest absolute Gasteiger partial charge is 0.462 e. The molecular formula is C80H156O17P2. The van der Waals surface area contributed by atoms with E-state index < -0.39 is 97.5 Å². The highest BCUT2D eigenvalue weighted by Crippen LogP contribution is 2.45. The molecule has 0 aromatic rings. The quantitative estimate of drug-likeness (QED) is 0.0222. The van der Waals surface area contributed by atoms with Crippen molar-refractivity contribution in [1.29, 1.82) is 0 Å². The molecule has 588 valence electrons. The molecule has 0 radical (unpaired) electrons. The van der Waals surface area contributed by atoms with Gasteiger partial charge in [-0.1, -0.05) is 357 Å². The molecule has 3 N–H and O–H groups in total. The highest BCUT2D eigenvalue weighted by Gasteiger charge is 2.30. The van der Waals surface area contributed by atoms with Crippen molar-refractivity contribution < 1.29 is 80.2 Å². The zero-order chi connectivity index (χ0) is 73.1. The maximum atomic E-state index is 13.1. The van der Waals surface area contributed by atoms with Gasteiger partial charge in [0.25, 0.3) is 0 Å². The minimum Gasteiger partial charge on any atom is -0.462 e. The van der Waals surface area contributed by atoms with Crippen molar-refractivity contribution in [2.24, 2.45) is 23.7 Å². The average Bonchev–Trinajstić information content (AvgIpc) is 0.976. The van der Waals surface area contributed by atoms with Gasteiger partial charge >= 0.3 is 39.5 Å². The number of rotatable bonds is 77. The Balaban J connectivity index is 5.27. The Kier molecular flexibility index (Phi) is 67.8. The fraction of sp³-hybridized carbons (Fsp3) is 0.950. The predicted octanol–water partition coefficient (Wildman–Crippen LogP) is 23.6. The zero-order valence-electron chi connectivity index (χ0n) is 65.1. The maximum absolute atomic E-state index is 13.1. The first-order valence-corrected chi connectivity index (χ1v) is 44.3. The van der Waals surface area contributed by atoms with Crippen LogP contribution in [0.3, 0.4) is 0 Å². The van der Waals surface area contributed by atoms with Gasteiger partial charge in [0.05, 0.1) is 26.4 Å². The number of esters is 4. The van der Waals surface area contributed by atoms with Crippen LogP contribution < -0.4 is 0 Å². The van der Waals surface area contributed by atoms with Gasteiger partial charge in [-0.05, 0) is 49.4 Å². The topological polar surface area (TPSA) is 237 Å². The fourth-order valence-electron chi connectivity index (χ4n) is 12.2. The predicted molar refractivity (Wildman–Crippen MR) is 404 cm³/mol. The number of ether oxygens (including phenoxy) is 4. The Labute approximate surface area is 607 Å². The van der Waals surface area contributed by atoms with E-state index in [0.717, 1.165) is 114 Å². The van der Waals surface area contributed by atoms with E-state index in [-0.39, 0.29) is 25.7 Å². The van der Waals surface area contributed by atoms with Gasteiger partial charge in [-0.3, -0.25) is 37.3 Å². The monoisotopic (exact) mass is 1450 g/mol. The molecule has 0 heterocycles. The molecular weight excluding hydrogens is 1290 g/mol. The van der Waals surface area contributed by atoms with Crippen molar-refractivity contribution in [1.82, 2.24) is 0 Å². The lowest BCUT2D eigenvalue weighted by Gasteiger charge is -2.21. The van der Waals surface area contributed by atoms with Crippen LogP contribution in [-0.4, -0.2) is 96.7 Å². The van der Waals surface area contributed by atoms with Crippen LogP contribution >= 0.6 is 15.6 Å². The summed E-state index contributed by atoms with van der Waals surface area (Å²) in [5.41, 5.74) is 0. The second-order valence-corrected chi connectivity index (χ2v) is 33.1. The molecule has 0 aromatic heterocycles. The lowest BCUT2D eigenvalue weighted by atomic mass is 9.99. The molecule has 99 heavy (non-hydrogen) atoms. The van der Waals surface area contributed by atoms with Crippen molar-refractivity contribution in [2.45, 2.75) is 427 Å². The first-order valence-electron chi connectivity index (χ1n) is 41.3. The van der Waals surface area contributed by atoms with E-state index in [1.54, 1.807) is 0 Å². The molecule has 0 aliphatic carbocycles. The highest BCUT2D eigenvalue weighted by molar-refractivity contribution is 7.47. The largest absolute Gasteiger partial charge is 0.472 e. The Bertz CT molecular complexity index is 1940. The third kappa shape index (κ3) is 71.5. The zero-order valence-corrected chi connectivity index (χ0v) is 66.9. The molecule has 0 spiro atoms. The van der Waals surface area contributed by atoms with Crippen LogP contribution in [0.15, 0.2) is 0 Å². The van der Waals surface area contributed by atoms with E-state index in [2.05, 4.69) is 55.4 Å². The van der Waals surface area contributed by atoms with Gasteiger partial charge in [-0.2, -0.15) is 0 Å². The maximum Gasteiger partial charge on any atom is 0.472 e. The number of carbonyl (C=O) groups excluding carboxylic acids is 4. The van der Waals surface area contributed by atoms with Crippen molar-refractivity contribution in [3.63, 3.8) is 0 Å². The molecule has 0 aliphatic rings. The molecule has 4 unspecified atom stereocenters. The first kappa shape index (κ1) is 97.1. The molecule has 0 amide bonds. The highest BCUT2D eigenvalue weighted by atomic mass is 31.2. The van der Waals surface area contributed by atoms with Crippen molar-refractivity contribution in [3.05, 3.63) is 0 Å². The molecule has 0 rings (SSSR count). The second-order valence-electron chi connectivity index (χ2n) is 30.2. The molecule has 0 aliphatic heterocycles.